The van der Waals surface area contributed by atoms with Gasteiger partial charge in [-0.2, -0.15) is 11.8 Å². The third-order valence-corrected chi connectivity index (χ3v) is 4.42. The molecule has 5 nitrogen and oxygen atoms in total. The Morgan fingerprint density at radius 3 is 2.67 bits per heavy atom. The average Bonchev–Trinajstić information content (AvgIpc) is 2.43. The highest BCUT2D eigenvalue weighted by Crippen LogP contribution is 2.24. The van der Waals surface area contributed by atoms with Gasteiger partial charge in [-0.1, -0.05) is 36.8 Å². The van der Waals surface area contributed by atoms with E-state index in [1.54, 1.807) is 30.0 Å². The molecule has 21 heavy (non-hydrogen) atoms. The van der Waals surface area contributed by atoms with Crippen molar-refractivity contribution in [3.63, 3.8) is 0 Å². The normalized spacial score (nSPS) is 20.4. The fraction of sp³-hybridized carbons (Fsp3) is 0.400. The van der Waals surface area contributed by atoms with Gasteiger partial charge in [-0.05, 0) is 18.7 Å². The predicted octanol–water partition coefficient (Wildman–Crippen LogP) is 1.91. The van der Waals surface area contributed by atoms with Crippen LogP contribution in [0.3, 0.4) is 0 Å². The number of imide groups is 2. The fourth-order valence-electron chi connectivity index (χ4n) is 2.26. The molecule has 1 saturated heterocycles. The van der Waals surface area contributed by atoms with Gasteiger partial charge in [-0.3, -0.25) is 19.8 Å². The number of nitrogens with zero attached hydrogens (tertiary/aromatic N) is 1. The summed E-state index contributed by atoms with van der Waals surface area (Å²) in [5, 5.41) is 2.39. The first-order valence-corrected chi connectivity index (χ1v) is 7.98. The molecule has 1 aromatic rings. The molecule has 2 rings (SSSR count). The first-order chi connectivity index (χ1) is 9.93. The van der Waals surface area contributed by atoms with Crippen molar-refractivity contribution in [2.24, 2.45) is 0 Å². The van der Waals surface area contributed by atoms with Gasteiger partial charge in [0.05, 0.1) is 0 Å². The number of benzene rings is 1. The van der Waals surface area contributed by atoms with Crippen LogP contribution < -0.4 is 5.32 Å². The Hall–Kier alpha value is -1.82. The summed E-state index contributed by atoms with van der Waals surface area (Å²) in [7, 11) is 0. The van der Waals surface area contributed by atoms with E-state index in [-0.39, 0.29) is 5.25 Å². The molecule has 1 N–H and O–H groups in total. The number of urea groups is 1. The fourth-order valence-corrected chi connectivity index (χ4v) is 2.56. The van der Waals surface area contributed by atoms with Gasteiger partial charge in [0, 0.05) is 11.8 Å². The first kappa shape index (κ1) is 15.6. The number of hydrogen-bond acceptors (Lipinski definition) is 4. The second-order valence-corrected chi connectivity index (χ2v) is 6.41. The average molecular weight is 306 g/mol. The molecule has 0 aliphatic carbocycles. The predicted molar refractivity (Wildman–Crippen MR) is 82.1 cm³/mol. The maximum Gasteiger partial charge on any atom is 0.330 e. The molecule has 0 aromatic heterocycles. The van der Waals surface area contributed by atoms with E-state index in [4.69, 9.17) is 0 Å². The molecular weight excluding hydrogens is 288 g/mol. The molecule has 1 fully saturated rings. The summed E-state index contributed by atoms with van der Waals surface area (Å²) in [5.74, 6) is -1.95. The number of barbiturate groups is 1. The summed E-state index contributed by atoms with van der Waals surface area (Å²) < 4.78 is 0. The van der Waals surface area contributed by atoms with Crippen LogP contribution in [0.5, 0.6) is 0 Å². The highest BCUT2D eigenvalue weighted by atomic mass is 32.2. The van der Waals surface area contributed by atoms with Gasteiger partial charge in [0.25, 0.3) is 0 Å². The van der Waals surface area contributed by atoms with Crippen molar-refractivity contribution in [2.45, 2.75) is 25.0 Å². The lowest BCUT2D eigenvalue weighted by molar-refractivity contribution is -0.138. The van der Waals surface area contributed by atoms with Gasteiger partial charge in [-0.25, -0.2) is 4.79 Å². The zero-order chi connectivity index (χ0) is 15.6. The molecule has 6 heteroatoms. The van der Waals surface area contributed by atoms with Crippen molar-refractivity contribution in [1.29, 1.82) is 0 Å². The lowest BCUT2D eigenvalue weighted by Crippen LogP contribution is -2.58. The third-order valence-electron chi connectivity index (χ3n) is 3.47. The number of thioether (sulfide) groups is 1. The quantitative estimate of drug-likeness (QED) is 0.863. The Morgan fingerprint density at radius 1 is 1.33 bits per heavy atom. The van der Waals surface area contributed by atoms with Crippen LogP contribution in [0.4, 0.5) is 4.79 Å². The summed E-state index contributed by atoms with van der Waals surface area (Å²) in [6, 6.07) is 6.61. The Morgan fingerprint density at radius 2 is 2.05 bits per heavy atom. The molecule has 0 bridgehead atoms. The van der Waals surface area contributed by atoms with Crippen LogP contribution in [0.15, 0.2) is 24.3 Å². The van der Waals surface area contributed by atoms with Crippen LogP contribution in [0, 0.1) is 6.92 Å². The summed E-state index contributed by atoms with van der Waals surface area (Å²) >= 11 is 1.56. The van der Waals surface area contributed by atoms with Crippen LogP contribution >= 0.6 is 11.8 Å². The molecule has 0 spiro atoms. The van der Waals surface area contributed by atoms with Crippen LogP contribution in [0.1, 0.15) is 24.0 Å². The number of hydrogen-bond donors (Lipinski definition) is 1. The lowest BCUT2D eigenvalue weighted by Gasteiger charge is -2.31. The van der Waals surface area contributed by atoms with Gasteiger partial charge in [0.15, 0.2) is 0 Å². The van der Waals surface area contributed by atoms with E-state index < -0.39 is 23.8 Å². The van der Waals surface area contributed by atoms with Gasteiger partial charge in [0.2, 0.25) is 11.8 Å². The van der Waals surface area contributed by atoms with Crippen molar-refractivity contribution < 1.29 is 14.4 Å². The van der Waals surface area contributed by atoms with E-state index in [1.807, 2.05) is 26.2 Å². The molecule has 2 atom stereocenters. The maximum absolute atomic E-state index is 12.5. The van der Waals surface area contributed by atoms with Crippen molar-refractivity contribution in [1.82, 2.24) is 10.2 Å². The molecule has 1 aliphatic rings. The zero-order valence-corrected chi connectivity index (χ0v) is 13.1. The number of rotatable bonds is 4. The molecule has 1 aromatic carbocycles. The van der Waals surface area contributed by atoms with Crippen LogP contribution in [0.25, 0.3) is 0 Å². The minimum absolute atomic E-state index is 0.117. The molecular formula is C15H18N2O3S. The second-order valence-electron chi connectivity index (χ2n) is 5.14. The smallest absolute Gasteiger partial charge is 0.277 e. The molecule has 4 amide bonds. The minimum atomic E-state index is -0.948. The van der Waals surface area contributed by atoms with E-state index in [1.165, 1.54) is 0 Å². The van der Waals surface area contributed by atoms with Crippen LogP contribution in [0.2, 0.25) is 0 Å². The van der Waals surface area contributed by atoms with E-state index in [0.717, 1.165) is 10.5 Å². The maximum atomic E-state index is 12.5. The molecule has 1 aliphatic heterocycles. The summed E-state index contributed by atoms with van der Waals surface area (Å²) in [5.41, 5.74) is 1.58. The first-order valence-electron chi connectivity index (χ1n) is 6.69. The van der Waals surface area contributed by atoms with E-state index in [9.17, 15) is 14.4 Å². The molecule has 2 unspecified atom stereocenters. The van der Waals surface area contributed by atoms with Gasteiger partial charge < -0.3 is 0 Å². The topological polar surface area (TPSA) is 66.5 Å². The minimum Gasteiger partial charge on any atom is -0.277 e. The number of carbonyl (C=O) groups excluding carboxylic acids is 3. The van der Waals surface area contributed by atoms with Gasteiger partial charge in [0.1, 0.15) is 5.92 Å². The summed E-state index contributed by atoms with van der Waals surface area (Å²) in [6.45, 7) is 4.12. The lowest BCUT2D eigenvalue weighted by atomic mass is 9.94. The highest BCUT2D eigenvalue weighted by molar-refractivity contribution is 7.99. The van der Waals surface area contributed by atoms with Crippen molar-refractivity contribution in [2.75, 3.05) is 12.8 Å². The SMILES string of the molecule is CSC(C)CN1C(=O)NC(=O)C(c2cccc(C)c2)C1=O. The number of aryl methyl sites for hydroxylation is 1. The van der Waals surface area contributed by atoms with Gasteiger partial charge in [-0.15, -0.1) is 0 Å². The number of carbonyl (C=O) groups is 3. The molecule has 112 valence electrons. The Bertz CT molecular complexity index is 588. The largest absolute Gasteiger partial charge is 0.330 e. The monoisotopic (exact) mass is 306 g/mol. The van der Waals surface area contributed by atoms with Crippen molar-refractivity contribution >= 4 is 29.6 Å². The van der Waals surface area contributed by atoms with E-state index in [0.29, 0.717) is 12.1 Å². The summed E-state index contributed by atoms with van der Waals surface area (Å²) in [4.78, 5) is 37.6. The molecule has 0 radical (unpaired) electrons. The number of amides is 4. The van der Waals surface area contributed by atoms with Crippen molar-refractivity contribution in [3.8, 4) is 0 Å². The highest BCUT2D eigenvalue weighted by Gasteiger charge is 2.41. The van der Waals surface area contributed by atoms with Crippen molar-refractivity contribution in [3.05, 3.63) is 35.4 Å². The standard InChI is InChI=1S/C15H18N2O3S/c1-9-5-4-6-11(7-9)12-13(18)16-15(20)17(14(12)19)8-10(2)21-3/h4-7,10,12H,8H2,1-3H3,(H,16,18,20). The van der Waals surface area contributed by atoms with Gasteiger partial charge >= 0.3 is 6.03 Å². The van der Waals surface area contributed by atoms with E-state index >= 15 is 0 Å². The Balaban J connectivity index is 2.31. The molecule has 0 saturated carbocycles. The Labute approximate surface area is 128 Å². The summed E-state index contributed by atoms with van der Waals surface area (Å²) in [6.07, 6.45) is 1.92. The third kappa shape index (κ3) is 3.26. The molecule has 1 heterocycles. The van der Waals surface area contributed by atoms with Crippen LogP contribution in [-0.2, 0) is 9.59 Å². The van der Waals surface area contributed by atoms with E-state index in [2.05, 4.69) is 5.32 Å². The Kier molecular flexibility index (Phi) is 4.67. The van der Waals surface area contributed by atoms with Crippen LogP contribution in [-0.4, -0.2) is 40.8 Å². The second kappa shape index (κ2) is 6.30. The zero-order valence-electron chi connectivity index (χ0n) is 12.3. The number of nitrogens with one attached hydrogen (secondary N) is 1.